The van der Waals surface area contributed by atoms with E-state index >= 15 is 0 Å². The third kappa shape index (κ3) is 3.68. The molecule has 1 saturated heterocycles. The zero-order chi connectivity index (χ0) is 16.2. The molecule has 6 nitrogen and oxygen atoms in total. The largest absolute Gasteiger partial charge is 0.447 e. The Bertz CT molecular complexity index is 729. The van der Waals surface area contributed by atoms with Crippen molar-refractivity contribution < 1.29 is 14.3 Å². The molecule has 1 aliphatic heterocycles. The Morgan fingerprint density at radius 3 is 3.04 bits per heavy atom. The standard InChI is InChI=1S/C16H17N3O3S/c1-11-18-13(10-23-11)5-6-17-15(20)12-3-2-4-14(9-12)19-7-8-22-16(19)21/h2-4,9-10H,5-8H2,1H3,(H,17,20). The van der Waals surface area contributed by atoms with Crippen molar-refractivity contribution in [2.24, 2.45) is 0 Å². The van der Waals surface area contributed by atoms with Crippen LogP contribution in [-0.2, 0) is 11.2 Å². The normalized spacial score (nSPS) is 14.0. The van der Waals surface area contributed by atoms with Crippen LogP contribution < -0.4 is 10.2 Å². The molecule has 120 valence electrons. The van der Waals surface area contributed by atoms with Crippen LogP contribution in [0.5, 0.6) is 0 Å². The van der Waals surface area contributed by atoms with Gasteiger partial charge < -0.3 is 10.1 Å². The number of thiazole rings is 1. The topological polar surface area (TPSA) is 71.5 Å². The zero-order valence-electron chi connectivity index (χ0n) is 12.7. The molecule has 0 saturated carbocycles. The van der Waals surface area contributed by atoms with Crippen LogP contribution in [0.25, 0.3) is 0 Å². The number of hydrogen-bond acceptors (Lipinski definition) is 5. The molecule has 1 aromatic carbocycles. The van der Waals surface area contributed by atoms with Gasteiger partial charge in [0, 0.05) is 29.6 Å². The number of amides is 2. The Labute approximate surface area is 138 Å². The molecule has 1 aromatic heterocycles. The molecule has 7 heteroatoms. The van der Waals surface area contributed by atoms with Crippen molar-refractivity contribution in [3.8, 4) is 0 Å². The van der Waals surface area contributed by atoms with Crippen LogP contribution in [0.3, 0.4) is 0 Å². The molecule has 0 atom stereocenters. The maximum absolute atomic E-state index is 12.2. The zero-order valence-corrected chi connectivity index (χ0v) is 13.6. The SMILES string of the molecule is Cc1nc(CCNC(=O)c2cccc(N3CCOC3=O)c2)cs1. The van der Waals surface area contributed by atoms with Gasteiger partial charge in [0.2, 0.25) is 0 Å². The second-order valence-corrected chi connectivity index (χ2v) is 6.24. The average molecular weight is 331 g/mol. The highest BCUT2D eigenvalue weighted by molar-refractivity contribution is 7.09. The highest BCUT2D eigenvalue weighted by Crippen LogP contribution is 2.20. The Morgan fingerprint density at radius 2 is 2.35 bits per heavy atom. The summed E-state index contributed by atoms with van der Waals surface area (Å²) < 4.78 is 4.92. The van der Waals surface area contributed by atoms with Crippen LogP contribution in [0.15, 0.2) is 29.6 Å². The predicted molar refractivity (Wildman–Crippen MR) is 88.0 cm³/mol. The summed E-state index contributed by atoms with van der Waals surface area (Å²) in [6.45, 7) is 3.37. The third-order valence-electron chi connectivity index (χ3n) is 3.51. The summed E-state index contributed by atoms with van der Waals surface area (Å²) in [7, 11) is 0. The number of ether oxygens (including phenoxy) is 1. The minimum atomic E-state index is -0.374. The molecule has 0 aliphatic carbocycles. The van der Waals surface area contributed by atoms with E-state index in [0.29, 0.717) is 37.4 Å². The van der Waals surface area contributed by atoms with Crippen LogP contribution >= 0.6 is 11.3 Å². The number of nitrogens with zero attached hydrogens (tertiary/aromatic N) is 2. The number of hydrogen-bond donors (Lipinski definition) is 1. The number of benzene rings is 1. The lowest BCUT2D eigenvalue weighted by molar-refractivity contribution is 0.0954. The van der Waals surface area contributed by atoms with Crippen LogP contribution in [0, 0.1) is 6.92 Å². The molecule has 1 N–H and O–H groups in total. The molecule has 0 spiro atoms. The first-order chi connectivity index (χ1) is 11.1. The second-order valence-electron chi connectivity index (χ2n) is 5.18. The minimum absolute atomic E-state index is 0.161. The van der Waals surface area contributed by atoms with E-state index in [-0.39, 0.29) is 12.0 Å². The lowest BCUT2D eigenvalue weighted by Crippen LogP contribution is -2.27. The summed E-state index contributed by atoms with van der Waals surface area (Å²) in [4.78, 5) is 29.7. The minimum Gasteiger partial charge on any atom is -0.447 e. The molecule has 2 amide bonds. The molecule has 0 radical (unpaired) electrons. The summed E-state index contributed by atoms with van der Waals surface area (Å²) in [5, 5.41) is 5.90. The number of anilines is 1. The number of cyclic esters (lactones) is 1. The molecule has 2 heterocycles. The molecular weight excluding hydrogens is 314 g/mol. The van der Waals surface area contributed by atoms with Gasteiger partial charge in [0.15, 0.2) is 0 Å². The number of carbonyl (C=O) groups is 2. The molecule has 1 fully saturated rings. The maximum Gasteiger partial charge on any atom is 0.414 e. The third-order valence-corrected chi connectivity index (χ3v) is 4.34. The van der Waals surface area contributed by atoms with Gasteiger partial charge in [0.05, 0.1) is 17.2 Å². The molecule has 0 bridgehead atoms. The lowest BCUT2D eigenvalue weighted by atomic mass is 10.1. The first-order valence-electron chi connectivity index (χ1n) is 7.37. The Balaban J connectivity index is 1.59. The van der Waals surface area contributed by atoms with E-state index in [1.165, 1.54) is 4.90 Å². The lowest BCUT2D eigenvalue weighted by Gasteiger charge is -2.13. The van der Waals surface area contributed by atoms with Crippen molar-refractivity contribution in [2.45, 2.75) is 13.3 Å². The van der Waals surface area contributed by atoms with Gasteiger partial charge in [-0.05, 0) is 25.1 Å². The summed E-state index contributed by atoms with van der Waals surface area (Å²) in [5.74, 6) is -0.161. The van der Waals surface area contributed by atoms with Gasteiger partial charge >= 0.3 is 6.09 Å². The van der Waals surface area contributed by atoms with Gasteiger partial charge in [-0.3, -0.25) is 9.69 Å². The van der Waals surface area contributed by atoms with E-state index in [0.717, 1.165) is 10.7 Å². The van der Waals surface area contributed by atoms with Crippen LogP contribution in [0.4, 0.5) is 10.5 Å². The molecule has 3 rings (SSSR count). The van der Waals surface area contributed by atoms with Gasteiger partial charge in [0.1, 0.15) is 6.61 Å². The number of rotatable bonds is 5. The van der Waals surface area contributed by atoms with Crippen LogP contribution in [0.2, 0.25) is 0 Å². The van der Waals surface area contributed by atoms with Crippen LogP contribution in [0.1, 0.15) is 21.1 Å². The second kappa shape index (κ2) is 6.78. The quantitative estimate of drug-likeness (QED) is 0.913. The maximum atomic E-state index is 12.2. The van der Waals surface area contributed by atoms with Gasteiger partial charge in [-0.15, -0.1) is 11.3 Å². The molecular formula is C16H17N3O3S. The molecule has 0 unspecified atom stereocenters. The van der Waals surface area contributed by atoms with Crippen molar-refractivity contribution in [1.82, 2.24) is 10.3 Å². The van der Waals surface area contributed by atoms with E-state index in [2.05, 4.69) is 10.3 Å². The number of carbonyl (C=O) groups excluding carboxylic acids is 2. The van der Waals surface area contributed by atoms with Crippen molar-refractivity contribution in [1.29, 1.82) is 0 Å². The fourth-order valence-electron chi connectivity index (χ4n) is 2.37. The highest BCUT2D eigenvalue weighted by Gasteiger charge is 2.24. The number of aryl methyl sites for hydroxylation is 1. The van der Waals surface area contributed by atoms with Gasteiger partial charge in [0.25, 0.3) is 5.91 Å². The average Bonchev–Trinajstić information content (AvgIpc) is 3.16. The van der Waals surface area contributed by atoms with Crippen molar-refractivity contribution >= 4 is 29.0 Å². The Hall–Kier alpha value is -2.41. The van der Waals surface area contributed by atoms with E-state index in [9.17, 15) is 9.59 Å². The smallest absolute Gasteiger partial charge is 0.414 e. The highest BCUT2D eigenvalue weighted by atomic mass is 32.1. The van der Waals surface area contributed by atoms with Crippen molar-refractivity contribution in [3.05, 3.63) is 45.9 Å². The van der Waals surface area contributed by atoms with Gasteiger partial charge in [-0.25, -0.2) is 9.78 Å². The van der Waals surface area contributed by atoms with Crippen molar-refractivity contribution in [3.63, 3.8) is 0 Å². The van der Waals surface area contributed by atoms with E-state index < -0.39 is 0 Å². The fraction of sp³-hybridized carbons (Fsp3) is 0.312. The van der Waals surface area contributed by atoms with Gasteiger partial charge in [-0.2, -0.15) is 0 Å². The summed E-state index contributed by atoms with van der Waals surface area (Å²) in [6.07, 6.45) is 0.329. The summed E-state index contributed by atoms with van der Waals surface area (Å²) in [5.41, 5.74) is 2.19. The first kappa shape index (κ1) is 15.5. The van der Waals surface area contributed by atoms with Gasteiger partial charge in [-0.1, -0.05) is 6.07 Å². The van der Waals surface area contributed by atoms with Crippen molar-refractivity contribution in [2.75, 3.05) is 24.6 Å². The molecule has 2 aromatic rings. The Morgan fingerprint density at radius 1 is 1.48 bits per heavy atom. The molecule has 23 heavy (non-hydrogen) atoms. The first-order valence-corrected chi connectivity index (χ1v) is 8.25. The van der Waals surface area contributed by atoms with Crippen LogP contribution in [-0.4, -0.2) is 36.7 Å². The van der Waals surface area contributed by atoms with E-state index in [4.69, 9.17) is 4.74 Å². The van der Waals surface area contributed by atoms with E-state index in [1.807, 2.05) is 12.3 Å². The Kier molecular flexibility index (Phi) is 4.57. The van der Waals surface area contributed by atoms with E-state index in [1.54, 1.807) is 35.6 Å². The molecule has 1 aliphatic rings. The summed E-state index contributed by atoms with van der Waals surface area (Å²) >= 11 is 1.60. The monoisotopic (exact) mass is 331 g/mol. The number of aromatic nitrogens is 1. The summed E-state index contributed by atoms with van der Waals surface area (Å²) in [6, 6.07) is 6.99. The number of nitrogens with one attached hydrogen (secondary N) is 1. The predicted octanol–water partition coefficient (Wildman–Crippen LogP) is 2.38. The fourth-order valence-corrected chi connectivity index (χ4v) is 3.02.